The fourth-order valence-electron chi connectivity index (χ4n) is 2.55. The van der Waals surface area contributed by atoms with E-state index in [1.807, 2.05) is 13.8 Å². The summed E-state index contributed by atoms with van der Waals surface area (Å²) in [6.45, 7) is 3.98. The van der Waals surface area contributed by atoms with Gasteiger partial charge in [-0.1, -0.05) is 12.8 Å². The van der Waals surface area contributed by atoms with Gasteiger partial charge in [-0.2, -0.15) is 5.10 Å². The third-order valence-electron chi connectivity index (χ3n) is 3.43. The monoisotopic (exact) mass is 266 g/mol. The molecule has 0 amide bonds. The fraction of sp³-hybridized carbons (Fsp3) is 0.692. The molecule has 1 fully saturated rings. The van der Waals surface area contributed by atoms with Crippen molar-refractivity contribution in [2.75, 3.05) is 18.2 Å². The molecule has 1 aromatic heterocycles. The smallest absolute Gasteiger partial charge is 0.345 e. The highest BCUT2D eigenvalue weighted by atomic mass is 16.5. The van der Waals surface area contributed by atoms with Crippen LogP contribution in [0.3, 0.4) is 0 Å². The first-order valence-corrected chi connectivity index (χ1v) is 6.77. The van der Waals surface area contributed by atoms with Crippen LogP contribution in [0.5, 0.6) is 0 Å². The first-order valence-electron chi connectivity index (χ1n) is 6.77. The molecule has 1 aliphatic rings. The van der Waals surface area contributed by atoms with E-state index in [1.54, 1.807) is 4.68 Å². The summed E-state index contributed by atoms with van der Waals surface area (Å²) < 4.78 is 6.58. The Morgan fingerprint density at radius 2 is 2.11 bits per heavy atom. The van der Waals surface area contributed by atoms with Crippen molar-refractivity contribution in [2.45, 2.75) is 51.6 Å². The topological polar surface area (TPSA) is 82.2 Å². The van der Waals surface area contributed by atoms with Gasteiger partial charge in [0.1, 0.15) is 11.4 Å². The Labute approximate surface area is 113 Å². The molecule has 2 rings (SSSR count). The molecule has 0 aromatic carbocycles. The second-order valence-electron chi connectivity index (χ2n) is 5.28. The first-order chi connectivity index (χ1) is 9.04. The van der Waals surface area contributed by atoms with Crippen LogP contribution in [0.4, 0.5) is 11.6 Å². The molecule has 0 spiro atoms. The van der Waals surface area contributed by atoms with E-state index in [9.17, 15) is 4.79 Å². The van der Waals surface area contributed by atoms with E-state index in [1.165, 1.54) is 20.0 Å². The van der Waals surface area contributed by atoms with Gasteiger partial charge >= 0.3 is 5.97 Å². The number of hydrogen-bond acceptors (Lipinski definition) is 5. The maximum Gasteiger partial charge on any atom is 0.345 e. The van der Waals surface area contributed by atoms with Gasteiger partial charge in [0.05, 0.1) is 13.2 Å². The third-order valence-corrected chi connectivity index (χ3v) is 3.43. The second-order valence-corrected chi connectivity index (χ2v) is 5.28. The molecule has 1 aromatic rings. The van der Waals surface area contributed by atoms with Crippen molar-refractivity contribution >= 4 is 17.6 Å². The van der Waals surface area contributed by atoms with Crippen molar-refractivity contribution in [3.05, 3.63) is 5.56 Å². The van der Waals surface area contributed by atoms with E-state index in [4.69, 9.17) is 10.5 Å². The summed E-state index contributed by atoms with van der Waals surface area (Å²) in [4.78, 5) is 11.9. The molecule has 1 heterocycles. The van der Waals surface area contributed by atoms with Gasteiger partial charge in [-0.15, -0.1) is 0 Å². The Morgan fingerprint density at radius 1 is 1.47 bits per heavy atom. The Bertz CT molecular complexity index is 461. The molecular formula is C13H22N4O2. The average molecular weight is 266 g/mol. The van der Waals surface area contributed by atoms with Crippen LogP contribution in [-0.2, 0) is 4.74 Å². The summed E-state index contributed by atoms with van der Waals surface area (Å²) in [6.07, 6.45) is 4.50. The Kier molecular flexibility index (Phi) is 3.97. The van der Waals surface area contributed by atoms with Gasteiger partial charge in [0.25, 0.3) is 0 Å². The number of esters is 1. The standard InChI is InChI=1S/C13H22N4O2/c1-8(2)15-12-10(13(18)19-3)11(14)17(16-12)9-6-4-5-7-9/h8-9H,4-7,14H2,1-3H3,(H,15,16). The van der Waals surface area contributed by atoms with Crippen molar-refractivity contribution in [2.24, 2.45) is 0 Å². The fourth-order valence-corrected chi connectivity index (χ4v) is 2.55. The predicted molar refractivity (Wildman–Crippen MR) is 74.2 cm³/mol. The van der Waals surface area contributed by atoms with Gasteiger partial charge in [0, 0.05) is 6.04 Å². The maximum atomic E-state index is 11.9. The Morgan fingerprint density at radius 3 is 2.63 bits per heavy atom. The molecule has 0 radical (unpaired) electrons. The molecule has 0 bridgehead atoms. The van der Waals surface area contributed by atoms with Crippen LogP contribution in [0, 0.1) is 0 Å². The van der Waals surface area contributed by atoms with Gasteiger partial charge in [0.2, 0.25) is 0 Å². The zero-order chi connectivity index (χ0) is 14.0. The van der Waals surface area contributed by atoms with Crippen LogP contribution in [-0.4, -0.2) is 28.9 Å². The zero-order valence-corrected chi connectivity index (χ0v) is 11.8. The van der Waals surface area contributed by atoms with Crippen LogP contribution < -0.4 is 11.1 Å². The largest absolute Gasteiger partial charge is 0.465 e. The summed E-state index contributed by atoms with van der Waals surface area (Å²) in [5.41, 5.74) is 6.45. The van der Waals surface area contributed by atoms with Gasteiger partial charge in [-0.3, -0.25) is 0 Å². The minimum Gasteiger partial charge on any atom is -0.465 e. The summed E-state index contributed by atoms with van der Waals surface area (Å²) in [5.74, 6) is 0.484. The number of nitrogens with one attached hydrogen (secondary N) is 1. The van der Waals surface area contributed by atoms with Crippen LogP contribution in [0.1, 0.15) is 55.9 Å². The quantitative estimate of drug-likeness (QED) is 0.816. The summed E-state index contributed by atoms with van der Waals surface area (Å²) in [7, 11) is 1.35. The minimum atomic E-state index is -0.440. The number of anilines is 2. The molecule has 0 atom stereocenters. The zero-order valence-electron chi connectivity index (χ0n) is 11.8. The Balaban J connectivity index is 2.40. The number of nitrogens with zero attached hydrogens (tertiary/aromatic N) is 2. The minimum absolute atomic E-state index is 0.176. The lowest BCUT2D eigenvalue weighted by molar-refractivity contribution is 0.0603. The van der Waals surface area contributed by atoms with Crippen LogP contribution in [0.2, 0.25) is 0 Å². The van der Waals surface area contributed by atoms with Gasteiger partial charge in [0.15, 0.2) is 5.82 Å². The molecule has 0 aliphatic heterocycles. The molecular weight excluding hydrogens is 244 g/mol. The number of ether oxygens (including phenoxy) is 1. The van der Waals surface area contributed by atoms with Crippen LogP contribution in [0.25, 0.3) is 0 Å². The summed E-state index contributed by atoms with van der Waals surface area (Å²) in [6, 6.07) is 0.473. The lowest BCUT2D eigenvalue weighted by atomic mass is 10.2. The number of carbonyl (C=O) groups is 1. The second kappa shape index (κ2) is 5.50. The van der Waals surface area contributed by atoms with E-state index in [0.717, 1.165) is 12.8 Å². The number of rotatable bonds is 4. The molecule has 6 heteroatoms. The molecule has 3 N–H and O–H groups in total. The summed E-state index contributed by atoms with van der Waals surface area (Å²) >= 11 is 0. The predicted octanol–water partition coefficient (Wildman–Crippen LogP) is 2.19. The molecule has 0 saturated heterocycles. The number of methoxy groups -OCH3 is 1. The van der Waals surface area contributed by atoms with Crippen LogP contribution in [0.15, 0.2) is 0 Å². The lowest BCUT2D eigenvalue weighted by Gasteiger charge is -2.11. The van der Waals surface area contributed by atoms with E-state index in [0.29, 0.717) is 23.2 Å². The third kappa shape index (κ3) is 2.67. The first kappa shape index (κ1) is 13.7. The van der Waals surface area contributed by atoms with E-state index < -0.39 is 5.97 Å². The Hall–Kier alpha value is -1.72. The summed E-state index contributed by atoms with van der Waals surface area (Å²) in [5, 5.41) is 7.64. The number of aromatic nitrogens is 2. The van der Waals surface area contributed by atoms with Crippen molar-refractivity contribution < 1.29 is 9.53 Å². The van der Waals surface area contributed by atoms with E-state index in [-0.39, 0.29) is 6.04 Å². The number of hydrogen-bond donors (Lipinski definition) is 2. The lowest BCUT2D eigenvalue weighted by Crippen LogP contribution is -2.14. The number of nitrogen functional groups attached to an aromatic ring is 1. The van der Waals surface area contributed by atoms with E-state index in [2.05, 4.69) is 10.4 Å². The maximum absolute atomic E-state index is 11.9. The SMILES string of the molecule is COC(=O)c1c(NC(C)C)nn(C2CCCC2)c1N. The molecule has 0 unspecified atom stereocenters. The number of carbonyl (C=O) groups excluding carboxylic acids is 1. The highest BCUT2D eigenvalue weighted by molar-refractivity contribution is 5.99. The van der Waals surface area contributed by atoms with E-state index >= 15 is 0 Å². The molecule has 106 valence electrons. The van der Waals surface area contributed by atoms with Crippen molar-refractivity contribution in [3.63, 3.8) is 0 Å². The molecule has 19 heavy (non-hydrogen) atoms. The van der Waals surface area contributed by atoms with Crippen molar-refractivity contribution in [1.82, 2.24) is 9.78 Å². The van der Waals surface area contributed by atoms with Gasteiger partial charge in [-0.25, -0.2) is 9.48 Å². The highest BCUT2D eigenvalue weighted by Crippen LogP contribution is 2.34. The molecule has 1 saturated carbocycles. The van der Waals surface area contributed by atoms with Crippen LogP contribution >= 0.6 is 0 Å². The number of nitrogens with two attached hydrogens (primary N) is 1. The van der Waals surface area contributed by atoms with Gasteiger partial charge in [-0.05, 0) is 26.7 Å². The van der Waals surface area contributed by atoms with Crippen molar-refractivity contribution in [3.8, 4) is 0 Å². The molecule has 6 nitrogen and oxygen atoms in total. The average Bonchev–Trinajstić information content (AvgIpc) is 2.96. The van der Waals surface area contributed by atoms with Crippen molar-refractivity contribution in [1.29, 1.82) is 0 Å². The van der Waals surface area contributed by atoms with Gasteiger partial charge < -0.3 is 15.8 Å². The molecule has 1 aliphatic carbocycles. The highest BCUT2D eigenvalue weighted by Gasteiger charge is 2.28. The normalized spacial score (nSPS) is 16.0.